The van der Waals surface area contributed by atoms with Crippen LogP contribution in [0.2, 0.25) is 0 Å². The molecule has 0 aliphatic carbocycles. The molecule has 0 saturated heterocycles. The Bertz CT molecular complexity index is 231. The first-order valence-corrected chi connectivity index (χ1v) is 4.64. The van der Waals surface area contributed by atoms with Gasteiger partial charge >= 0.3 is 0 Å². The Morgan fingerprint density at radius 3 is 2.85 bits per heavy atom. The fourth-order valence-electron chi connectivity index (χ4n) is 1.32. The maximum absolute atomic E-state index is 5.28. The SMILES string of the molecule is COC(C)C1=CC[N+](C)(C)N=CC1. The summed E-state index contributed by atoms with van der Waals surface area (Å²) in [5, 5.41) is 4.43. The van der Waals surface area contributed by atoms with E-state index in [1.807, 2.05) is 6.21 Å². The van der Waals surface area contributed by atoms with Crippen molar-refractivity contribution in [3.63, 3.8) is 0 Å². The zero-order chi connectivity index (χ0) is 9.90. The smallest absolute Gasteiger partial charge is 0.122 e. The molecular formula is C10H19N2O+. The minimum absolute atomic E-state index is 0.213. The van der Waals surface area contributed by atoms with Crippen LogP contribution in [-0.4, -0.2) is 44.7 Å². The quantitative estimate of drug-likeness (QED) is 0.468. The third-order valence-corrected chi connectivity index (χ3v) is 2.40. The Kier molecular flexibility index (Phi) is 3.22. The van der Waals surface area contributed by atoms with Crippen molar-refractivity contribution in [2.24, 2.45) is 5.10 Å². The van der Waals surface area contributed by atoms with Crippen LogP contribution >= 0.6 is 0 Å². The lowest BCUT2D eigenvalue weighted by Gasteiger charge is -2.19. The Labute approximate surface area is 80.3 Å². The predicted molar refractivity (Wildman–Crippen MR) is 54.6 cm³/mol. The van der Waals surface area contributed by atoms with Gasteiger partial charge in [-0.3, -0.25) is 0 Å². The molecule has 0 radical (unpaired) electrons. The molecule has 0 fully saturated rings. The monoisotopic (exact) mass is 183 g/mol. The van der Waals surface area contributed by atoms with Crippen molar-refractivity contribution in [1.82, 2.24) is 0 Å². The number of quaternary nitrogens is 1. The summed E-state index contributed by atoms with van der Waals surface area (Å²) in [5.41, 5.74) is 1.33. The molecule has 0 amide bonds. The van der Waals surface area contributed by atoms with E-state index in [0.717, 1.165) is 13.0 Å². The third-order valence-electron chi connectivity index (χ3n) is 2.40. The molecule has 1 aliphatic rings. The van der Waals surface area contributed by atoms with E-state index in [4.69, 9.17) is 4.74 Å². The molecule has 0 aromatic carbocycles. The normalized spacial score (nSPS) is 23.5. The van der Waals surface area contributed by atoms with E-state index >= 15 is 0 Å². The van der Waals surface area contributed by atoms with Crippen molar-refractivity contribution >= 4 is 6.21 Å². The molecule has 0 N–H and O–H groups in total. The highest BCUT2D eigenvalue weighted by Gasteiger charge is 2.17. The van der Waals surface area contributed by atoms with E-state index in [0.29, 0.717) is 4.59 Å². The van der Waals surface area contributed by atoms with Crippen LogP contribution in [0.3, 0.4) is 0 Å². The van der Waals surface area contributed by atoms with Gasteiger partial charge in [-0.25, -0.2) is 0 Å². The molecule has 1 aliphatic heterocycles. The van der Waals surface area contributed by atoms with E-state index in [-0.39, 0.29) is 6.10 Å². The van der Waals surface area contributed by atoms with Gasteiger partial charge in [0, 0.05) is 13.5 Å². The van der Waals surface area contributed by atoms with Crippen molar-refractivity contribution < 1.29 is 9.33 Å². The topological polar surface area (TPSA) is 21.6 Å². The highest BCUT2D eigenvalue weighted by Crippen LogP contribution is 2.14. The summed E-state index contributed by atoms with van der Waals surface area (Å²) >= 11 is 0. The molecule has 13 heavy (non-hydrogen) atoms. The van der Waals surface area contributed by atoms with E-state index < -0.39 is 0 Å². The molecule has 3 nitrogen and oxygen atoms in total. The number of likely N-dealkylation sites (N-methyl/N-ethyl adjacent to an activating group) is 1. The van der Waals surface area contributed by atoms with Crippen LogP contribution in [0, 0.1) is 0 Å². The maximum atomic E-state index is 5.28. The standard InChI is InChI=1S/C10H19N2O/c1-9(13-4)10-5-7-11-12(2,3)8-6-10/h6-7,9H,5,8H2,1-4H3/q+1. The van der Waals surface area contributed by atoms with Crippen LogP contribution in [-0.2, 0) is 4.74 Å². The van der Waals surface area contributed by atoms with Crippen LogP contribution in [0.25, 0.3) is 0 Å². The minimum atomic E-state index is 0.213. The predicted octanol–water partition coefficient (Wildman–Crippen LogP) is 1.41. The van der Waals surface area contributed by atoms with Crippen molar-refractivity contribution in [3.05, 3.63) is 11.6 Å². The number of hydrogen-bond acceptors (Lipinski definition) is 2. The lowest BCUT2D eigenvalue weighted by Crippen LogP contribution is -2.32. The average molecular weight is 183 g/mol. The van der Waals surface area contributed by atoms with Gasteiger partial charge in [-0.15, -0.1) is 0 Å². The van der Waals surface area contributed by atoms with Crippen LogP contribution < -0.4 is 0 Å². The highest BCUT2D eigenvalue weighted by molar-refractivity contribution is 5.61. The number of ether oxygens (including phenoxy) is 1. The molecule has 0 spiro atoms. The lowest BCUT2D eigenvalue weighted by atomic mass is 10.1. The van der Waals surface area contributed by atoms with E-state index in [2.05, 4.69) is 32.2 Å². The van der Waals surface area contributed by atoms with Crippen molar-refractivity contribution in [2.75, 3.05) is 27.7 Å². The van der Waals surface area contributed by atoms with Crippen LogP contribution in [0.5, 0.6) is 0 Å². The van der Waals surface area contributed by atoms with Gasteiger partial charge in [-0.05, 0) is 18.6 Å². The first-order valence-electron chi connectivity index (χ1n) is 4.64. The summed E-state index contributed by atoms with van der Waals surface area (Å²) in [4.78, 5) is 0. The number of nitrogens with zero attached hydrogens (tertiary/aromatic N) is 2. The van der Waals surface area contributed by atoms with Crippen molar-refractivity contribution in [3.8, 4) is 0 Å². The Morgan fingerprint density at radius 2 is 2.23 bits per heavy atom. The van der Waals surface area contributed by atoms with Crippen LogP contribution in [0.4, 0.5) is 0 Å². The fraction of sp³-hybridized carbons (Fsp3) is 0.700. The molecule has 3 heteroatoms. The van der Waals surface area contributed by atoms with Gasteiger partial charge in [-0.1, -0.05) is 5.10 Å². The molecule has 1 unspecified atom stereocenters. The largest absolute Gasteiger partial charge is 0.377 e. The zero-order valence-electron chi connectivity index (χ0n) is 8.95. The first kappa shape index (κ1) is 10.4. The van der Waals surface area contributed by atoms with E-state index in [1.165, 1.54) is 5.57 Å². The Morgan fingerprint density at radius 1 is 1.54 bits per heavy atom. The summed E-state index contributed by atoms with van der Waals surface area (Å²) in [6.07, 6.45) is 5.34. The number of hydrogen-bond donors (Lipinski definition) is 0. The maximum Gasteiger partial charge on any atom is 0.122 e. The van der Waals surface area contributed by atoms with E-state index in [1.54, 1.807) is 7.11 Å². The van der Waals surface area contributed by atoms with Gasteiger partial charge in [0.05, 0.1) is 26.4 Å². The first-order chi connectivity index (χ1) is 6.05. The summed E-state index contributed by atoms with van der Waals surface area (Å²) in [6, 6.07) is 0. The molecule has 1 atom stereocenters. The van der Waals surface area contributed by atoms with Gasteiger partial charge < -0.3 is 4.74 Å². The highest BCUT2D eigenvalue weighted by atomic mass is 16.5. The summed E-state index contributed by atoms with van der Waals surface area (Å²) in [6.45, 7) is 3.02. The minimum Gasteiger partial charge on any atom is -0.377 e. The van der Waals surface area contributed by atoms with Gasteiger partial charge in [0.2, 0.25) is 0 Å². The molecular weight excluding hydrogens is 164 g/mol. The van der Waals surface area contributed by atoms with Crippen LogP contribution in [0.1, 0.15) is 13.3 Å². The van der Waals surface area contributed by atoms with Crippen LogP contribution in [0.15, 0.2) is 16.8 Å². The molecule has 0 saturated carbocycles. The third kappa shape index (κ3) is 2.94. The van der Waals surface area contributed by atoms with Gasteiger partial charge in [0.15, 0.2) is 0 Å². The second kappa shape index (κ2) is 4.03. The molecule has 74 valence electrons. The van der Waals surface area contributed by atoms with Gasteiger partial charge in [-0.2, -0.15) is 4.59 Å². The lowest BCUT2D eigenvalue weighted by molar-refractivity contribution is -0.890. The molecule has 0 bridgehead atoms. The molecule has 1 rings (SSSR count). The Balaban J connectivity index is 2.70. The number of methoxy groups -OCH3 is 1. The summed E-state index contributed by atoms with van der Waals surface area (Å²) < 4.78 is 5.96. The summed E-state index contributed by atoms with van der Waals surface area (Å²) in [7, 11) is 5.92. The number of rotatable bonds is 2. The fourth-order valence-corrected chi connectivity index (χ4v) is 1.32. The second-order valence-corrected chi connectivity index (χ2v) is 3.96. The second-order valence-electron chi connectivity index (χ2n) is 3.96. The van der Waals surface area contributed by atoms with E-state index in [9.17, 15) is 0 Å². The molecule has 0 aromatic rings. The molecule has 0 aromatic heterocycles. The zero-order valence-corrected chi connectivity index (χ0v) is 8.95. The van der Waals surface area contributed by atoms with Gasteiger partial charge in [0.25, 0.3) is 0 Å². The molecule has 1 heterocycles. The Hall–Kier alpha value is -0.670. The summed E-state index contributed by atoms with van der Waals surface area (Å²) in [5.74, 6) is 0. The average Bonchev–Trinajstić information content (AvgIpc) is 2.25. The van der Waals surface area contributed by atoms with Crippen molar-refractivity contribution in [2.45, 2.75) is 19.4 Å². The van der Waals surface area contributed by atoms with Gasteiger partial charge in [0.1, 0.15) is 6.54 Å². The van der Waals surface area contributed by atoms with Crippen molar-refractivity contribution in [1.29, 1.82) is 0 Å².